The van der Waals surface area contributed by atoms with Gasteiger partial charge in [-0.05, 0) is 31.5 Å². The first kappa shape index (κ1) is 19.7. The molecule has 1 N–H and O–H groups in total. The number of hydrogen-bond acceptors (Lipinski definition) is 6. The molecule has 0 radical (unpaired) electrons. The maximum absolute atomic E-state index is 12.8. The first-order valence-corrected chi connectivity index (χ1v) is 11.7. The molecule has 3 aromatic rings. The van der Waals surface area contributed by atoms with Crippen molar-refractivity contribution in [3.8, 4) is 5.75 Å². The minimum atomic E-state index is -1.32. The molecule has 1 saturated carbocycles. The van der Waals surface area contributed by atoms with Crippen LogP contribution in [0.4, 0.5) is 0 Å². The molecule has 1 aromatic carbocycles. The third-order valence-electron chi connectivity index (χ3n) is 5.84. The smallest absolute Gasteiger partial charge is 0.197 e. The van der Waals surface area contributed by atoms with Crippen molar-refractivity contribution in [1.29, 1.82) is 0 Å². The third-order valence-corrected chi connectivity index (χ3v) is 7.00. The number of aromatic amines is 1. The summed E-state index contributed by atoms with van der Waals surface area (Å²) < 4.78 is 30.7. The number of hydrogen-bond donors (Lipinski definition) is 1. The number of aromatic nitrogens is 3. The SMILES string of the molecule is Cc1c(OCCC2COC3(CCC3)O2)ccnc1CS(=O)c1nc2ccccc2[nH]1. The summed E-state index contributed by atoms with van der Waals surface area (Å²) in [5, 5.41) is 0.465. The van der Waals surface area contributed by atoms with E-state index in [2.05, 4.69) is 15.0 Å². The Kier molecular flexibility index (Phi) is 5.30. The zero-order valence-electron chi connectivity index (χ0n) is 16.9. The highest BCUT2D eigenvalue weighted by Crippen LogP contribution is 2.42. The van der Waals surface area contributed by atoms with Crippen molar-refractivity contribution in [3.05, 3.63) is 47.8 Å². The summed E-state index contributed by atoms with van der Waals surface area (Å²) in [6, 6.07) is 9.51. The molecule has 2 aliphatic rings. The summed E-state index contributed by atoms with van der Waals surface area (Å²) in [5.41, 5.74) is 3.34. The van der Waals surface area contributed by atoms with E-state index in [-0.39, 0.29) is 17.6 Å². The van der Waals surface area contributed by atoms with Crippen molar-refractivity contribution in [3.63, 3.8) is 0 Å². The Morgan fingerprint density at radius 2 is 2.17 bits per heavy atom. The van der Waals surface area contributed by atoms with Crippen LogP contribution >= 0.6 is 0 Å². The fourth-order valence-corrected chi connectivity index (χ4v) is 4.98. The molecule has 2 aromatic heterocycles. The lowest BCUT2D eigenvalue weighted by molar-refractivity contribution is -0.216. The fourth-order valence-electron chi connectivity index (χ4n) is 3.88. The quantitative estimate of drug-likeness (QED) is 0.620. The van der Waals surface area contributed by atoms with Gasteiger partial charge in [-0.2, -0.15) is 0 Å². The third kappa shape index (κ3) is 3.87. The summed E-state index contributed by atoms with van der Waals surface area (Å²) in [7, 11) is -1.32. The van der Waals surface area contributed by atoms with Crippen LogP contribution in [0.3, 0.4) is 0 Å². The van der Waals surface area contributed by atoms with E-state index in [0.717, 1.165) is 47.3 Å². The summed E-state index contributed by atoms with van der Waals surface area (Å²) in [6.45, 7) is 3.13. The Morgan fingerprint density at radius 1 is 1.30 bits per heavy atom. The van der Waals surface area contributed by atoms with Crippen molar-refractivity contribution in [2.45, 2.75) is 55.4 Å². The van der Waals surface area contributed by atoms with E-state index in [1.54, 1.807) is 6.20 Å². The summed E-state index contributed by atoms with van der Waals surface area (Å²) in [5.74, 6) is 0.745. The highest BCUT2D eigenvalue weighted by atomic mass is 32.2. The summed E-state index contributed by atoms with van der Waals surface area (Å²) in [6.07, 6.45) is 5.75. The Labute approximate surface area is 177 Å². The van der Waals surface area contributed by atoms with Gasteiger partial charge >= 0.3 is 0 Å². The Balaban J connectivity index is 1.20. The van der Waals surface area contributed by atoms with Gasteiger partial charge in [0.2, 0.25) is 0 Å². The van der Waals surface area contributed by atoms with Crippen molar-refractivity contribution in [2.75, 3.05) is 13.2 Å². The van der Waals surface area contributed by atoms with E-state index in [1.165, 1.54) is 6.42 Å². The lowest BCUT2D eigenvalue weighted by atomic mass is 9.91. The predicted molar refractivity (Wildman–Crippen MR) is 113 cm³/mol. The van der Waals surface area contributed by atoms with Gasteiger partial charge in [0.1, 0.15) is 5.75 Å². The van der Waals surface area contributed by atoms with Gasteiger partial charge in [-0.25, -0.2) is 4.98 Å². The monoisotopic (exact) mass is 427 g/mol. The van der Waals surface area contributed by atoms with Gasteiger partial charge in [-0.15, -0.1) is 0 Å². The second-order valence-corrected chi connectivity index (χ2v) is 9.25. The number of imidazole rings is 1. The molecule has 1 aliphatic heterocycles. The zero-order chi connectivity index (χ0) is 20.6. The van der Waals surface area contributed by atoms with Crippen LogP contribution < -0.4 is 4.74 Å². The molecule has 5 rings (SSSR count). The van der Waals surface area contributed by atoms with Gasteiger partial charge in [0.15, 0.2) is 10.9 Å². The first-order valence-electron chi connectivity index (χ1n) is 10.3. The van der Waals surface area contributed by atoms with Gasteiger partial charge in [0.05, 0.1) is 52.6 Å². The van der Waals surface area contributed by atoms with Crippen molar-refractivity contribution in [2.24, 2.45) is 0 Å². The largest absolute Gasteiger partial charge is 0.493 e. The van der Waals surface area contributed by atoms with Gasteiger partial charge in [0, 0.05) is 31.0 Å². The van der Waals surface area contributed by atoms with E-state index in [4.69, 9.17) is 14.2 Å². The van der Waals surface area contributed by atoms with Crippen molar-refractivity contribution >= 4 is 21.8 Å². The molecule has 2 fully saturated rings. The lowest BCUT2D eigenvalue weighted by Crippen LogP contribution is -2.38. The number of pyridine rings is 1. The average Bonchev–Trinajstić information content (AvgIpc) is 3.35. The molecule has 1 spiro atoms. The second kappa shape index (κ2) is 8.09. The van der Waals surface area contributed by atoms with Crippen molar-refractivity contribution in [1.82, 2.24) is 15.0 Å². The Hall–Kier alpha value is -2.29. The topological polar surface area (TPSA) is 86.3 Å². The molecule has 0 bridgehead atoms. The van der Waals surface area contributed by atoms with Crippen LogP contribution in [0.2, 0.25) is 0 Å². The second-order valence-electron chi connectivity index (χ2n) is 7.88. The highest BCUT2D eigenvalue weighted by molar-refractivity contribution is 7.84. The molecule has 158 valence electrons. The average molecular weight is 428 g/mol. The highest BCUT2D eigenvalue weighted by Gasteiger charge is 2.46. The molecule has 1 saturated heterocycles. The van der Waals surface area contributed by atoms with Crippen LogP contribution in [-0.4, -0.2) is 44.3 Å². The Bertz CT molecular complexity index is 1050. The number of fused-ring (bicyclic) bond motifs is 1. The fraction of sp³-hybridized carbons (Fsp3) is 0.455. The number of ether oxygens (including phenoxy) is 3. The van der Waals surface area contributed by atoms with Crippen LogP contribution in [-0.2, 0) is 26.0 Å². The molecular weight excluding hydrogens is 402 g/mol. The molecule has 0 amide bonds. The zero-order valence-corrected chi connectivity index (χ0v) is 17.7. The normalized spacial score (nSPS) is 21.0. The van der Waals surface area contributed by atoms with Crippen LogP contribution in [0.25, 0.3) is 11.0 Å². The van der Waals surface area contributed by atoms with E-state index >= 15 is 0 Å². The Morgan fingerprint density at radius 3 is 2.93 bits per heavy atom. The van der Waals surface area contributed by atoms with E-state index in [9.17, 15) is 4.21 Å². The minimum absolute atomic E-state index is 0.0903. The maximum atomic E-state index is 12.8. The van der Waals surface area contributed by atoms with Crippen LogP contribution in [0, 0.1) is 6.92 Å². The number of H-pyrrole nitrogens is 1. The number of nitrogens with zero attached hydrogens (tertiary/aromatic N) is 2. The van der Waals surface area contributed by atoms with Crippen LogP contribution in [0.1, 0.15) is 36.9 Å². The molecule has 30 heavy (non-hydrogen) atoms. The molecule has 2 unspecified atom stereocenters. The number of nitrogens with one attached hydrogen (secondary N) is 1. The predicted octanol–water partition coefficient (Wildman–Crippen LogP) is 3.64. The van der Waals surface area contributed by atoms with Crippen molar-refractivity contribution < 1.29 is 18.4 Å². The van der Waals surface area contributed by atoms with E-state index in [1.807, 2.05) is 37.3 Å². The van der Waals surface area contributed by atoms with Gasteiger partial charge < -0.3 is 19.2 Å². The van der Waals surface area contributed by atoms with Gasteiger partial charge in [-0.1, -0.05) is 12.1 Å². The molecule has 2 atom stereocenters. The molecule has 3 heterocycles. The van der Waals surface area contributed by atoms with Crippen LogP contribution in [0.15, 0.2) is 41.7 Å². The standard InChI is InChI=1S/C22H25N3O4S/c1-15-19(14-30(26)21-24-17-5-2-3-6-18(17)25-21)23-11-7-20(15)27-12-8-16-13-28-22(29-16)9-4-10-22/h2-3,5-7,11,16H,4,8-10,12-14H2,1H3,(H,24,25). The lowest BCUT2D eigenvalue weighted by Gasteiger charge is -2.36. The summed E-state index contributed by atoms with van der Waals surface area (Å²) >= 11 is 0. The van der Waals surface area contributed by atoms with E-state index in [0.29, 0.717) is 18.4 Å². The number of para-hydroxylation sites is 2. The van der Waals surface area contributed by atoms with Crippen LogP contribution in [0.5, 0.6) is 5.75 Å². The van der Waals surface area contributed by atoms with E-state index < -0.39 is 10.8 Å². The van der Waals surface area contributed by atoms with Gasteiger partial charge in [0.25, 0.3) is 0 Å². The van der Waals surface area contributed by atoms with Gasteiger partial charge in [-0.3, -0.25) is 9.19 Å². The maximum Gasteiger partial charge on any atom is 0.197 e. The molecule has 8 heteroatoms. The number of benzene rings is 1. The summed E-state index contributed by atoms with van der Waals surface area (Å²) in [4.78, 5) is 12.0. The molecule has 1 aliphatic carbocycles. The molecular formula is C22H25N3O4S. The first-order chi connectivity index (χ1) is 14.6. The minimum Gasteiger partial charge on any atom is -0.493 e. The molecule has 7 nitrogen and oxygen atoms in total. The number of rotatable bonds is 7.